The molecule has 0 radical (unpaired) electrons. The Hall–Kier alpha value is -4.76. The van der Waals surface area contributed by atoms with Gasteiger partial charge < -0.3 is 14.9 Å². The Bertz CT molecular complexity index is 1880. The Balaban J connectivity index is 1.83. The first-order valence-corrected chi connectivity index (χ1v) is 13.7. The predicted molar refractivity (Wildman–Crippen MR) is 145 cm³/mol. The topological polar surface area (TPSA) is 165 Å². The third-order valence-corrected chi connectivity index (χ3v) is 7.68. The van der Waals surface area contributed by atoms with Gasteiger partial charge in [-0.15, -0.1) is 0 Å². The largest absolute Gasteiger partial charge is 0.507 e. The van der Waals surface area contributed by atoms with Gasteiger partial charge in [-0.25, -0.2) is 36.7 Å². The number of hydrogen-bond donors (Lipinski definition) is 2. The monoisotopic (exact) mass is 583 g/mol. The number of nitrogens with two attached hydrogens (primary N) is 1. The molecule has 1 amide bonds. The van der Waals surface area contributed by atoms with E-state index in [4.69, 9.17) is 5.14 Å². The van der Waals surface area contributed by atoms with Crippen LogP contribution in [0.15, 0.2) is 65.1 Å². The SMILES string of the molecule is C=CC(=O)N1CCN(c2nc(=O)n(-c3cnccc3S(N)(=O)=O)c3nc(-c4c(O)cccc4F)c(F)cc23)[C@@H](C)C1. The number of fused-ring (bicyclic) bond motifs is 1. The van der Waals surface area contributed by atoms with Crippen LogP contribution in [-0.2, 0) is 14.8 Å². The fraction of sp³-hybridized carbons (Fsp3) is 0.192. The van der Waals surface area contributed by atoms with Gasteiger partial charge >= 0.3 is 5.69 Å². The molecule has 4 heterocycles. The summed E-state index contributed by atoms with van der Waals surface area (Å²) in [4.78, 5) is 40.8. The number of rotatable bonds is 5. The maximum absolute atomic E-state index is 15.7. The summed E-state index contributed by atoms with van der Waals surface area (Å²) in [6, 6.07) is 5.01. The Morgan fingerprint density at radius 3 is 2.61 bits per heavy atom. The van der Waals surface area contributed by atoms with Crippen LogP contribution in [0, 0.1) is 11.6 Å². The quantitative estimate of drug-likeness (QED) is 0.333. The normalized spacial score (nSPS) is 15.8. The molecule has 1 aliphatic rings. The van der Waals surface area contributed by atoms with Gasteiger partial charge in [-0.2, -0.15) is 4.98 Å². The van der Waals surface area contributed by atoms with Crippen LogP contribution in [-0.4, -0.2) is 69.5 Å². The second kappa shape index (κ2) is 10.3. The highest BCUT2D eigenvalue weighted by Crippen LogP contribution is 2.36. The summed E-state index contributed by atoms with van der Waals surface area (Å²) < 4.78 is 56.0. The van der Waals surface area contributed by atoms with E-state index < -0.39 is 55.3 Å². The highest BCUT2D eigenvalue weighted by Gasteiger charge is 2.31. The number of phenols is 1. The number of carbonyl (C=O) groups is 1. The number of halogens is 2. The van der Waals surface area contributed by atoms with Gasteiger partial charge in [0, 0.05) is 31.9 Å². The van der Waals surface area contributed by atoms with Gasteiger partial charge in [0.2, 0.25) is 15.9 Å². The third-order valence-electron chi connectivity index (χ3n) is 6.72. The van der Waals surface area contributed by atoms with E-state index in [1.807, 2.05) is 0 Å². The molecule has 12 nitrogen and oxygen atoms in total. The van der Waals surface area contributed by atoms with Gasteiger partial charge in [0.15, 0.2) is 11.5 Å². The third kappa shape index (κ3) is 4.89. The smallest absolute Gasteiger partial charge is 0.355 e. The zero-order chi connectivity index (χ0) is 29.6. The van der Waals surface area contributed by atoms with E-state index >= 15 is 4.39 Å². The molecule has 1 atom stereocenters. The molecule has 1 aromatic carbocycles. The molecule has 1 fully saturated rings. The summed E-state index contributed by atoms with van der Waals surface area (Å²) in [5.74, 6) is -2.91. The minimum atomic E-state index is -4.39. The van der Waals surface area contributed by atoms with Crippen LogP contribution in [0.5, 0.6) is 5.75 Å². The Kier molecular flexibility index (Phi) is 7.00. The fourth-order valence-electron chi connectivity index (χ4n) is 4.85. The van der Waals surface area contributed by atoms with Crippen molar-refractivity contribution in [1.29, 1.82) is 0 Å². The zero-order valence-electron chi connectivity index (χ0n) is 21.5. The standard InChI is InChI=1S/C26H23F2N7O5S/c1-3-21(37)33-9-10-34(14(2)13-33)24-15-11-17(28)23(22-16(27)5-4-6-19(22)36)31-25(15)35(26(38)32-24)18-12-30-8-7-20(18)41(29,39)40/h3-8,11-12,14,36H,1,9-10,13H2,2H3,(H2,29,39,40)/t14-/m0/s1. The lowest BCUT2D eigenvalue weighted by Gasteiger charge is -2.40. The van der Waals surface area contributed by atoms with Crippen molar-refractivity contribution in [3.63, 3.8) is 0 Å². The van der Waals surface area contributed by atoms with Crippen molar-refractivity contribution < 1.29 is 27.1 Å². The van der Waals surface area contributed by atoms with E-state index in [0.717, 1.165) is 41.2 Å². The van der Waals surface area contributed by atoms with Crippen LogP contribution in [0.3, 0.4) is 0 Å². The number of benzene rings is 1. The van der Waals surface area contributed by atoms with Crippen molar-refractivity contribution in [2.45, 2.75) is 17.9 Å². The highest BCUT2D eigenvalue weighted by atomic mass is 32.2. The minimum absolute atomic E-state index is 0.0104. The van der Waals surface area contributed by atoms with Crippen LogP contribution in [0.25, 0.3) is 28.0 Å². The van der Waals surface area contributed by atoms with E-state index in [9.17, 15) is 27.5 Å². The first-order chi connectivity index (χ1) is 19.4. The van der Waals surface area contributed by atoms with Crippen molar-refractivity contribution in [3.8, 4) is 22.7 Å². The molecule has 0 bridgehead atoms. The first kappa shape index (κ1) is 27.8. The van der Waals surface area contributed by atoms with Crippen molar-refractivity contribution >= 4 is 32.8 Å². The Morgan fingerprint density at radius 2 is 1.95 bits per heavy atom. The summed E-state index contributed by atoms with van der Waals surface area (Å²) in [7, 11) is -4.39. The lowest BCUT2D eigenvalue weighted by molar-refractivity contribution is -0.126. The number of aromatic nitrogens is 4. The van der Waals surface area contributed by atoms with Crippen LogP contribution >= 0.6 is 0 Å². The number of primary sulfonamides is 1. The summed E-state index contributed by atoms with van der Waals surface area (Å²) >= 11 is 0. The maximum Gasteiger partial charge on any atom is 0.355 e. The van der Waals surface area contributed by atoms with E-state index in [1.54, 1.807) is 16.7 Å². The van der Waals surface area contributed by atoms with Crippen LogP contribution in [0.1, 0.15) is 6.92 Å². The molecule has 0 aliphatic carbocycles. The van der Waals surface area contributed by atoms with E-state index in [0.29, 0.717) is 0 Å². The molecule has 0 spiro atoms. The van der Waals surface area contributed by atoms with E-state index in [-0.39, 0.29) is 48.1 Å². The number of carbonyl (C=O) groups excluding carboxylic acids is 1. The molecule has 4 aromatic rings. The molecular weight excluding hydrogens is 560 g/mol. The Morgan fingerprint density at radius 1 is 1.20 bits per heavy atom. The number of sulfonamides is 1. The number of hydrogen-bond acceptors (Lipinski definition) is 9. The number of amides is 1. The molecule has 1 saturated heterocycles. The second-order valence-corrected chi connectivity index (χ2v) is 10.8. The van der Waals surface area contributed by atoms with Gasteiger partial charge in [0.1, 0.15) is 28.0 Å². The molecule has 212 valence electrons. The molecule has 5 rings (SSSR count). The number of anilines is 1. The number of pyridine rings is 2. The molecule has 0 saturated carbocycles. The van der Waals surface area contributed by atoms with Gasteiger partial charge in [0.05, 0.1) is 22.8 Å². The van der Waals surface area contributed by atoms with Gasteiger partial charge in [-0.05, 0) is 37.3 Å². The van der Waals surface area contributed by atoms with Crippen LogP contribution in [0.2, 0.25) is 0 Å². The van der Waals surface area contributed by atoms with Gasteiger partial charge in [-0.1, -0.05) is 12.6 Å². The first-order valence-electron chi connectivity index (χ1n) is 12.2. The maximum atomic E-state index is 15.7. The summed E-state index contributed by atoms with van der Waals surface area (Å²) in [6.07, 6.45) is 3.39. The molecule has 15 heteroatoms. The molecular formula is C26H23F2N7O5S. The Labute approximate surface area is 232 Å². The summed E-state index contributed by atoms with van der Waals surface area (Å²) in [5, 5.41) is 15.7. The number of phenolic OH excluding ortho intramolecular Hbond substituents is 1. The highest BCUT2D eigenvalue weighted by molar-refractivity contribution is 7.89. The second-order valence-electron chi connectivity index (χ2n) is 9.30. The van der Waals surface area contributed by atoms with E-state index in [1.165, 1.54) is 12.1 Å². The van der Waals surface area contributed by atoms with Gasteiger partial charge in [0.25, 0.3) is 0 Å². The minimum Gasteiger partial charge on any atom is -0.507 e. The molecule has 1 aliphatic heterocycles. The van der Waals surface area contributed by atoms with E-state index in [2.05, 4.69) is 21.5 Å². The average molecular weight is 584 g/mol. The summed E-state index contributed by atoms with van der Waals surface area (Å²) in [5.41, 5.74) is -2.82. The number of nitrogens with zero attached hydrogens (tertiary/aromatic N) is 6. The van der Waals surface area contributed by atoms with Gasteiger partial charge in [-0.3, -0.25) is 9.78 Å². The van der Waals surface area contributed by atoms with Crippen molar-refractivity contribution in [3.05, 3.63) is 77.5 Å². The number of piperazine rings is 1. The predicted octanol–water partition coefficient (Wildman–Crippen LogP) is 1.70. The summed E-state index contributed by atoms with van der Waals surface area (Å²) in [6.45, 7) is 5.97. The number of aromatic hydroxyl groups is 1. The van der Waals surface area contributed by atoms with Crippen molar-refractivity contribution in [2.24, 2.45) is 5.14 Å². The lowest BCUT2D eigenvalue weighted by Crippen LogP contribution is -2.54. The van der Waals surface area contributed by atoms with Crippen molar-refractivity contribution in [1.82, 2.24) is 24.4 Å². The molecule has 41 heavy (non-hydrogen) atoms. The molecule has 3 aromatic heterocycles. The lowest BCUT2D eigenvalue weighted by atomic mass is 10.1. The van der Waals surface area contributed by atoms with Crippen molar-refractivity contribution in [2.75, 3.05) is 24.5 Å². The average Bonchev–Trinajstić information content (AvgIpc) is 2.92. The molecule has 3 N–H and O–H groups in total. The molecule has 0 unspecified atom stereocenters. The van der Waals surface area contributed by atoms with Crippen LogP contribution < -0.4 is 15.7 Å². The fourth-order valence-corrected chi connectivity index (χ4v) is 5.53. The van der Waals surface area contributed by atoms with Crippen LogP contribution in [0.4, 0.5) is 14.6 Å². The zero-order valence-corrected chi connectivity index (χ0v) is 22.3.